The number of hydrogen-bond donors (Lipinski definition) is 0. The van der Waals surface area contributed by atoms with Gasteiger partial charge in [-0.3, -0.25) is 0 Å². The Labute approximate surface area is 89.0 Å². The van der Waals surface area contributed by atoms with Gasteiger partial charge in [0.25, 0.3) is 0 Å². The molecular weight excluding hydrogens is 194 g/mol. The van der Waals surface area contributed by atoms with Crippen molar-refractivity contribution in [3.05, 3.63) is 18.2 Å². The third-order valence-electron chi connectivity index (χ3n) is 1.84. The summed E-state index contributed by atoms with van der Waals surface area (Å²) < 4.78 is 15.5. The van der Waals surface area contributed by atoms with Crippen LogP contribution in [0.5, 0.6) is 17.2 Å². The van der Waals surface area contributed by atoms with Crippen LogP contribution in [0.3, 0.4) is 0 Å². The molecule has 0 radical (unpaired) electrons. The van der Waals surface area contributed by atoms with Crippen LogP contribution in [0.4, 0.5) is 0 Å². The van der Waals surface area contributed by atoms with E-state index in [1.165, 1.54) is 0 Å². The van der Waals surface area contributed by atoms with E-state index in [0.717, 1.165) is 0 Å². The van der Waals surface area contributed by atoms with Crippen LogP contribution in [0.25, 0.3) is 0 Å². The highest BCUT2D eigenvalue weighted by molar-refractivity contribution is 5.45. The van der Waals surface area contributed by atoms with Crippen molar-refractivity contribution in [3.8, 4) is 23.3 Å². The molecular formula is C11H13NO3. The molecule has 1 rings (SSSR count). The van der Waals surface area contributed by atoms with Crippen LogP contribution in [0.15, 0.2) is 18.2 Å². The second kappa shape index (κ2) is 5.76. The first-order chi connectivity index (χ1) is 7.31. The Balaban J connectivity index is 2.71. The Hall–Kier alpha value is -1.89. The second-order valence-electron chi connectivity index (χ2n) is 2.77. The molecule has 0 aliphatic rings. The molecule has 0 saturated heterocycles. The Morgan fingerprint density at radius 3 is 2.53 bits per heavy atom. The van der Waals surface area contributed by atoms with Crippen molar-refractivity contribution in [2.24, 2.45) is 0 Å². The molecule has 0 amide bonds. The third-order valence-corrected chi connectivity index (χ3v) is 1.84. The number of ether oxygens (including phenoxy) is 3. The Morgan fingerprint density at radius 1 is 1.20 bits per heavy atom. The molecule has 0 aliphatic carbocycles. The first-order valence-electron chi connectivity index (χ1n) is 4.53. The van der Waals surface area contributed by atoms with Gasteiger partial charge in [-0.2, -0.15) is 5.26 Å². The summed E-state index contributed by atoms with van der Waals surface area (Å²) in [5.74, 6) is 1.94. The quantitative estimate of drug-likeness (QED) is 0.693. The number of benzene rings is 1. The van der Waals surface area contributed by atoms with Crippen molar-refractivity contribution in [3.63, 3.8) is 0 Å². The van der Waals surface area contributed by atoms with Crippen molar-refractivity contribution in [2.45, 2.75) is 6.42 Å². The number of rotatable bonds is 5. The van der Waals surface area contributed by atoms with E-state index in [1.54, 1.807) is 32.4 Å². The highest BCUT2D eigenvalue weighted by Crippen LogP contribution is 2.30. The summed E-state index contributed by atoms with van der Waals surface area (Å²) in [7, 11) is 3.14. The molecule has 0 atom stereocenters. The van der Waals surface area contributed by atoms with Crippen LogP contribution in [0.2, 0.25) is 0 Å². The van der Waals surface area contributed by atoms with Crippen LogP contribution in [0, 0.1) is 11.3 Å². The normalized spacial score (nSPS) is 9.13. The molecule has 80 valence electrons. The van der Waals surface area contributed by atoms with Gasteiger partial charge < -0.3 is 14.2 Å². The zero-order valence-electron chi connectivity index (χ0n) is 8.82. The van der Waals surface area contributed by atoms with Gasteiger partial charge in [0.15, 0.2) is 11.5 Å². The minimum atomic E-state index is 0.369. The maximum Gasteiger partial charge on any atom is 0.164 e. The van der Waals surface area contributed by atoms with Crippen molar-refractivity contribution in [1.82, 2.24) is 0 Å². The van der Waals surface area contributed by atoms with Crippen molar-refractivity contribution >= 4 is 0 Å². The second-order valence-corrected chi connectivity index (χ2v) is 2.77. The fourth-order valence-electron chi connectivity index (χ4n) is 1.12. The molecule has 15 heavy (non-hydrogen) atoms. The summed E-state index contributed by atoms with van der Waals surface area (Å²) >= 11 is 0. The number of hydrogen-bond acceptors (Lipinski definition) is 4. The van der Waals surface area contributed by atoms with Crippen molar-refractivity contribution in [2.75, 3.05) is 20.8 Å². The molecule has 0 spiro atoms. The van der Waals surface area contributed by atoms with Gasteiger partial charge in [-0.05, 0) is 12.1 Å². The summed E-state index contributed by atoms with van der Waals surface area (Å²) in [6, 6.07) is 7.28. The van der Waals surface area contributed by atoms with E-state index in [4.69, 9.17) is 19.5 Å². The summed E-state index contributed by atoms with van der Waals surface area (Å²) in [5.41, 5.74) is 0. The van der Waals surface area contributed by atoms with E-state index in [9.17, 15) is 0 Å². The standard InChI is InChI=1S/C11H13NO3/c1-13-10-5-4-9(8-11(10)14-2)15-7-3-6-12/h4-5,8H,3,7H2,1-2H3. The maximum absolute atomic E-state index is 8.35. The van der Waals surface area contributed by atoms with Gasteiger partial charge in [0.2, 0.25) is 0 Å². The largest absolute Gasteiger partial charge is 0.493 e. The minimum absolute atomic E-state index is 0.369. The van der Waals surface area contributed by atoms with Crippen LogP contribution in [-0.4, -0.2) is 20.8 Å². The topological polar surface area (TPSA) is 51.5 Å². The molecule has 0 bridgehead atoms. The van der Waals surface area contributed by atoms with E-state index < -0.39 is 0 Å². The summed E-state index contributed by atoms with van der Waals surface area (Å²) in [5, 5.41) is 8.35. The van der Waals surface area contributed by atoms with Gasteiger partial charge in [-0.25, -0.2) is 0 Å². The van der Waals surface area contributed by atoms with Gasteiger partial charge in [-0.15, -0.1) is 0 Å². The molecule has 4 heteroatoms. The van der Waals surface area contributed by atoms with E-state index in [2.05, 4.69) is 0 Å². The third kappa shape index (κ3) is 3.06. The predicted octanol–water partition coefficient (Wildman–Crippen LogP) is 2.00. The lowest BCUT2D eigenvalue weighted by molar-refractivity contribution is 0.317. The Morgan fingerprint density at radius 2 is 1.93 bits per heavy atom. The fourth-order valence-corrected chi connectivity index (χ4v) is 1.12. The molecule has 0 fully saturated rings. The SMILES string of the molecule is COc1ccc(OCCC#N)cc1OC. The summed E-state index contributed by atoms with van der Waals surface area (Å²) in [6.07, 6.45) is 0.369. The van der Waals surface area contributed by atoms with Gasteiger partial charge in [-0.1, -0.05) is 0 Å². The Kier molecular flexibility index (Phi) is 4.30. The maximum atomic E-state index is 8.35. The number of nitriles is 1. The summed E-state index contributed by atoms with van der Waals surface area (Å²) in [4.78, 5) is 0. The zero-order valence-corrected chi connectivity index (χ0v) is 8.82. The molecule has 0 N–H and O–H groups in total. The smallest absolute Gasteiger partial charge is 0.164 e. The van der Waals surface area contributed by atoms with E-state index in [-0.39, 0.29) is 0 Å². The van der Waals surface area contributed by atoms with Gasteiger partial charge >= 0.3 is 0 Å². The highest BCUT2D eigenvalue weighted by Gasteiger charge is 2.04. The lowest BCUT2D eigenvalue weighted by Crippen LogP contribution is -1.97. The monoisotopic (exact) mass is 207 g/mol. The van der Waals surface area contributed by atoms with Gasteiger partial charge in [0.05, 0.1) is 26.7 Å². The van der Waals surface area contributed by atoms with Gasteiger partial charge in [0.1, 0.15) is 12.4 Å². The summed E-state index contributed by atoms with van der Waals surface area (Å²) in [6.45, 7) is 0.381. The predicted molar refractivity (Wildman–Crippen MR) is 55.3 cm³/mol. The van der Waals surface area contributed by atoms with Crippen molar-refractivity contribution in [1.29, 1.82) is 5.26 Å². The van der Waals surface area contributed by atoms with E-state index in [1.807, 2.05) is 6.07 Å². The molecule has 4 nitrogen and oxygen atoms in total. The average molecular weight is 207 g/mol. The lowest BCUT2D eigenvalue weighted by Gasteiger charge is -2.09. The van der Waals surface area contributed by atoms with E-state index >= 15 is 0 Å². The van der Waals surface area contributed by atoms with Crippen LogP contribution < -0.4 is 14.2 Å². The molecule has 0 heterocycles. The number of nitrogens with zero attached hydrogens (tertiary/aromatic N) is 1. The van der Waals surface area contributed by atoms with Gasteiger partial charge in [0, 0.05) is 6.07 Å². The molecule has 0 aliphatic heterocycles. The fraction of sp³-hybridized carbons (Fsp3) is 0.364. The van der Waals surface area contributed by atoms with Crippen LogP contribution >= 0.6 is 0 Å². The highest BCUT2D eigenvalue weighted by atomic mass is 16.5. The molecule has 1 aromatic carbocycles. The Bertz CT molecular complexity index is 357. The molecule has 1 aromatic rings. The number of methoxy groups -OCH3 is 2. The van der Waals surface area contributed by atoms with E-state index in [0.29, 0.717) is 30.3 Å². The minimum Gasteiger partial charge on any atom is -0.493 e. The first-order valence-corrected chi connectivity index (χ1v) is 4.53. The molecule has 0 saturated carbocycles. The van der Waals surface area contributed by atoms with Crippen molar-refractivity contribution < 1.29 is 14.2 Å². The lowest BCUT2D eigenvalue weighted by atomic mass is 10.3. The van der Waals surface area contributed by atoms with Crippen LogP contribution in [0.1, 0.15) is 6.42 Å². The average Bonchev–Trinajstić information content (AvgIpc) is 2.29. The molecule has 0 unspecified atom stereocenters. The van der Waals surface area contributed by atoms with Crippen LogP contribution in [-0.2, 0) is 0 Å². The molecule has 0 aromatic heterocycles. The zero-order chi connectivity index (χ0) is 11.1. The first kappa shape index (κ1) is 11.2.